The van der Waals surface area contributed by atoms with Gasteiger partial charge in [0.25, 0.3) is 0 Å². The van der Waals surface area contributed by atoms with E-state index in [4.69, 9.17) is 9.47 Å². The highest BCUT2D eigenvalue weighted by atomic mass is 32.2. The molecule has 0 aliphatic carbocycles. The zero-order chi connectivity index (χ0) is 15.2. The van der Waals surface area contributed by atoms with Gasteiger partial charge in [0, 0.05) is 10.5 Å². The minimum absolute atomic E-state index is 0.0997. The fourth-order valence-corrected chi connectivity index (χ4v) is 2.75. The molecule has 0 saturated carbocycles. The maximum absolute atomic E-state index is 12.7. The van der Waals surface area contributed by atoms with E-state index in [0.717, 1.165) is 10.6 Å². The second-order valence-corrected chi connectivity index (χ2v) is 5.66. The van der Waals surface area contributed by atoms with Gasteiger partial charge in [-0.25, -0.2) is 0 Å². The Hall–Kier alpha value is -1.94. The number of methoxy groups -OCH3 is 2. The van der Waals surface area contributed by atoms with Gasteiger partial charge in [-0.3, -0.25) is 4.79 Å². The van der Waals surface area contributed by atoms with Gasteiger partial charge in [0.05, 0.1) is 14.2 Å². The van der Waals surface area contributed by atoms with Crippen molar-refractivity contribution in [3.05, 3.63) is 53.6 Å². The molecule has 0 atom stereocenters. The predicted octanol–water partition coefficient (Wildman–Crippen LogP) is 4.05. The normalized spacial score (nSPS) is 10.2. The Morgan fingerprint density at radius 1 is 1.00 bits per heavy atom. The molecule has 0 heterocycles. The molecule has 0 amide bonds. The fraction of sp³-hybridized carbons (Fsp3) is 0.235. The van der Waals surface area contributed by atoms with Crippen LogP contribution >= 0.6 is 11.8 Å². The minimum Gasteiger partial charge on any atom is -0.496 e. The van der Waals surface area contributed by atoms with Crippen LogP contribution in [-0.2, 0) is 0 Å². The summed E-state index contributed by atoms with van der Waals surface area (Å²) in [7, 11) is 3.10. The number of hydrogen-bond acceptors (Lipinski definition) is 4. The number of ketones is 1. The third kappa shape index (κ3) is 3.39. The first kappa shape index (κ1) is 15.4. The van der Waals surface area contributed by atoms with E-state index in [-0.39, 0.29) is 5.78 Å². The lowest BCUT2D eigenvalue weighted by Gasteiger charge is -2.12. The highest BCUT2D eigenvalue weighted by Crippen LogP contribution is 2.31. The Bertz CT molecular complexity index is 598. The lowest BCUT2D eigenvalue weighted by molar-refractivity contribution is 0.103. The van der Waals surface area contributed by atoms with Gasteiger partial charge in [0.1, 0.15) is 17.1 Å². The molecule has 110 valence electrons. The number of thioether (sulfide) groups is 1. The number of hydrogen-bond donors (Lipinski definition) is 0. The van der Waals surface area contributed by atoms with Crippen molar-refractivity contribution in [1.82, 2.24) is 0 Å². The Morgan fingerprint density at radius 3 is 2.05 bits per heavy atom. The number of ether oxygens (including phenoxy) is 2. The molecule has 4 heteroatoms. The zero-order valence-corrected chi connectivity index (χ0v) is 13.2. The van der Waals surface area contributed by atoms with Gasteiger partial charge >= 0.3 is 0 Å². The van der Waals surface area contributed by atoms with Crippen LogP contribution in [0.2, 0.25) is 0 Å². The van der Waals surface area contributed by atoms with Crippen LogP contribution in [0.3, 0.4) is 0 Å². The molecule has 0 aromatic heterocycles. The van der Waals surface area contributed by atoms with Gasteiger partial charge in [0.2, 0.25) is 5.78 Å². The first-order valence-electron chi connectivity index (χ1n) is 6.69. The van der Waals surface area contributed by atoms with Gasteiger partial charge < -0.3 is 9.47 Å². The van der Waals surface area contributed by atoms with E-state index in [9.17, 15) is 4.79 Å². The Morgan fingerprint density at radius 2 is 1.57 bits per heavy atom. The van der Waals surface area contributed by atoms with Crippen LogP contribution in [0.4, 0.5) is 0 Å². The van der Waals surface area contributed by atoms with Gasteiger partial charge in [-0.15, -0.1) is 11.8 Å². The zero-order valence-electron chi connectivity index (χ0n) is 12.4. The van der Waals surface area contributed by atoms with Crippen LogP contribution < -0.4 is 9.47 Å². The lowest BCUT2D eigenvalue weighted by Crippen LogP contribution is -2.06. The van der Waals surface area contributed by atoms with Crippen molar-refractivity contribution in [3.63, 3.8) is 0 Å². The van der Waals surface area contributed by atoms with Crippen molar-refractivity contribution in [3.8, 4) is 11.5 Å². The number of benzene rings is 2. The maximum Gasteiger partial charge on any atom is 0.200 e. The van der Waals surface area contributed by atoms with Crippen LogP contribution in [0.1, 0.15) is 22.8 Å². The van der Waals surface area contributed by atoms with Crippen molar-refractivity contribution in [2.75, 3.05) is 20.0 Å². The minimum atomic E-state index is -0.0997. The summed E-state index contributed by atoms with van der Waals surface area (Å²) in [5, 5.41) is 0. The maximum atomic E-state index is 12.7. The van der Waals surface area contributed by atoms with Crippen molar-refractivity contribution in [2.24, 2.45) is 0 Å². The molecule has 2 aromatic carbocycles. The summed E-state index contributed by atoms with van der Waals surface area (Å²) >= 11 is 1.75. The molecule has 0 aliphatic heterocycles. The van der Waals surface area contributed by atoms with Crippen LogP contribution in [-0.4, -0.2) is 25.8 Å². The second-order valence-electron chi connectivity index (χ2n) is 4.32. The van der Waals surface area contributed by atoms with E-state index in [0.29, 0.717) is 22.6 Å². The van der Waals surface area contributed by atoms with Crippen LogP contribution in [0.5, 0.6) is 11.5 Å². The highest BCUT2D eigenvalue weighted by molar-refractivity contribution is 7.99. The monoisotopic (exact) mass is 302 g/mol. The highest BCUT2D eigenvalue weighted by Gasteiger charge is 2.19. The van der Waals surface area contributed by atoms with Crippen molar-refractivity contribution < 1.29 is 14.3 Å². The average molecular weight is 302 g/mol. The number of carbonyl (C=O) groups excluding carboxylic acids is 1. The number of carbonyl (C=O) groups is 1. The summed E-state index contributed by atoms with van der Waals surface area (Å²) in [5.74, 6) is 1.95. The molecule has 0 bridgehead atoms. The SMILES string of the molecule is CCSc1ccc(C(=O)c2c(OC)cccc2OC)cc1. The third-order valence-electron chi connectivity index (χ3n) is 3.08. The quantitative estimate of drug-likeness (QED) is 0.596. The average Bonchev–Trinajstić information content (AvgIpc) is 2.54. The molecule has 0 aliphatic rings. The van der Waals surface area contributed by atoms with Gasteiger partial charge in [-0.2, -0.15) is 0 Å². The topological polar surface area (TPSA) is 35.5 Å². The Balaban J connectivity index is 2.39. The van der Waals surface area contributed by atoms with Crippen molar-refractivity contribution >= 4 is 17.5 Å². The molecule has 0 N–H and O–H groups in total. The first-order chi connectivity index (χ1) is 10.2. The largest absolute Gasteiger partial charge is 0.496 e. The predicted molar refractivity (Wildman–Crippen MR) is 85.8 cm³/mol. The Kier molecular flexibility index (Phi) is 5.28. The summed E-state index contributed by atoms with van der Waals surface area (Å²) < 4.78 is 10.6. The van der Waals surface area contributed by atoms with Crippen LogP contribution in [0.15, 0.2) is 47.4 Å². The standard InChI is InChI=1S/C17H18O3S/c1-4-21-13-10-8-12(9-11-13)17(18)16-14(19-2)6-5-7-15(16)20-3/h5-11H,4H2,1-3H3. The Labute approximate surface area is 129 Å². The van der Waals surface area contributed by atoms with Crippen molar-refractivity contribution in [2.45, 2.75) is 11.8 Å². The molecule has 0 saturated heterocycles. The van der Waals surface area contributed by atoms with E-state index >= 15 is 0 Å². The van der Waals surface area contributed by atoms with E-state index < -0.39 is 0 Å². The third-order valence-corrected chi connectivity index (χ3v) is 3.98. The lowest BCUT2D eigenvalue weighted by atomic mass is 10.0. The van der Waals surface area contributed by atoms with E-state index in [2.05, 4.69) is 6.92 Å². The molecule has 2 rings (SSSR count). The smallest absolute Gasteiger partial charge is 0.200 e. The van der Waals surface area contributed by atoms with Gasteiger partial charge in [0.15, 0.2) is 0 Å². The number of rotatable bonds is 6. The fourth-order valence-electron chi connectivity index (χ4n) is 2.09. The molecule has 3 nitrogen and oxygen atoms in total. The van der Waals surface area contributed by atoms with E-state index in [1.54, 1.807) is 44.2 Å². The molecule has 0 fully saturated rings. The molecule has 21 heavy (non-hydrogen) atoms. The summed E-state index contributed by atoms with van der Waals surface area (Å²) in [4.78, 5) is 13.9. The van der Waals surface area contributed by atoms with Crippen molar-refractivity contribution in [1.29, 1.82) is 0 Å². The molecule has 0 radical (unpaired) electrons. The summed E-state index contributed by atoms with van der Waals surface area (Å²) in [6.45, 7) is 2.10. The summed E-state index contributed by atoms with van der Waals surface area (Å²) in [6, 6.07) is 12.9. The molecule has 2 aromatic rings. The van der Waals surface area contributed by atoms with E-state index in [1.165, 1.54) is 0 Å². The molecule has 0 spiro atoms. The molecule has 0 unspecified atom stereocenters. The first-order valence-corrected chi connectivity index (χ1v) is 7.68. The van der Waals surface area contributed by atoms with Crippen LogP contribution in [0, 0.1) is 0 Å². The van der Waals surface area contributed by atoms with E-state index in [1.807, 2.05) is 24.3 Å². The molecular formula is C17H18O3S. The van der Waals surface area contributed by atoms with Gasteiger partial charge in [-0.05, 0) is 42.2 Å². The summed E-state index contributed by atoms with van der Waals surface area (Å²) in [5.41, 5.74) is 1.08. The second kappa shape index (κ2) is 7.18. The van der Waals surface area contributed by atoms with Crippen LogP contribution in [0.25, 0.3) is 0 Å². The van der Waals surface area contributed by atoms with Gasteiger partial charge in [-0.1, -0.05) is 13.0 Å². The summed E-state index contributed by atoms with van der Waals surface area (Å²) in [6.07, 6.45) is 0. The molecular weight excluding hydrogens is 284 g/mol.